The summed E-state index contributed by atoms with van der Waals surface area (Å²) in [5.74, 6) is 0.286. The Bertz CT molecular complexity index is 1560. The summed E-state index contributed by atoms with van der Waals surface area (Å²) in [6, 6.07) is 0. The van der Waals surface area contributed by atoms with Crippen molar-refractivity contribution in [1.29, 1.82) is 0 Å². The van der Waals surface area contributed by atoms with Crippen molar-refractivity contribution >= 4 is 37.0 Å². The van der Waals surface area contributed by atoms with Crippen LogP contribution in [0, 0.1) is 6.92 Å². The Balaban J connectivity index is 1.28. The van der Waals surface area contributed by atoms with Gasteiger partial charge < -0.3 is 54.6 Å². The van der Waals surface area contributed by atoms with E-state index in [1.54, 1.807) is 13.8 Å². The van der Waals surface area contributed by atoms with E-state index in [4.69, 9.17) is 44.2 Å². The summed E-state index contributed by atoms with van der Waals surface area (Å²) in [7, 11) is 1.14. The van der Waals surface area contributed by atoms with Crippen LogP contribution in [-0.2, 0) is 37.3 Å². The standard InChI is InChI=1S/C24H36N9O10P/c1-10-18(31-23(26)32-20(10)35)30-21-15(38-4)16(39-5)24(2,42-21)7-40-44(36)43-14-11(6-37-3)41-22(13(14)34)33-9-29-12-17(25)27-8-28-19(12)33/h8-9,11,13-16,21-22,34,44H,6-7H2,1-5H3,(H2,25,27,28)(H4,26,30,31,32,35)/t11-,13-,14-,15-,16+,21-,22-,24-/m1/s1. The number of nitrogens with one attached hydrogen (secondary N) is 2. The maximum atomic E-state index is 13.2. The zero-order valence-electron chi connectivity index (χ0n) is 24.6. The minimum Gasteiger partial charge on any atom is -0.386 e. The van der Waals surface area contributed by atoms with Gasteiger partial charge in [0.25, 0.3) is 5.56 Å². The molecular formula is C24H36N9O10P. The van der Waals surface area contributed by atoms with Crippen molar-refractivity contribution < 1.29 is 42.4 Å². The van der Waals surface area contributed by atoms with Crippen molar-refractivity contribution in [3.05, 3.63) is 28.6 Å². The molecule has 2 fully saturated rings. The monoisotopic (exact) mass is 641 g/mol. The molecule has 7 N–H and O–H groups in total. The number of fused-ring (bicyclic) bond motifs is 1. The Morgan fingerprint density at radius 2 is 1.98 bits per heavy atom. The fourth-order valence-corrected chi connectivity index (χ4v) is 6.40. The summed E-state index contributed by atoms with van der Waals surface area (Å²) in [4.78, 5) is 31.1. The average Bonchev–Trinajstić information content (AvgIpc) is 3.63. The first-order valence-electron chi connectivity index (χ1n) is 13.5. The number of imidazole rings is 1. The summed E-state index contributed by atoms with van der Waals surface area (Å²) < 4.78 is 54.8. The quantitative estimate of drug-likeness (QED) is 0.154. The second-order valence-corrected chi connectivity index (χ2v) is 11.5. The molecule has 3 aromatic rings. The van der Waals surface area contributed by atoms with Crippen LogP contribution >= 0.6 is 8.25 Å². The summed E-state index contributed by atoms with van der Waals surface area (Å²) in [6.45, 7) is 3.03. The number of methoxy groups -OCH3 is 3. The average molecular weight is 642 g/mol. The summed E-state index contributed by atoms with van der Waals surface area (Å²) >= 11 is 0. The minimum absolute atomic E-state index is 0.0207. The van der Waals surface area contributed by atoms with Crippen LogP contribution < -0.4 is 22.3 Å². The van der Waals surface area contributed by atoms with Gasteiger partial charge in [-0.15, -0.1) is 0 Å². The van der Waals surface area contributed by atoms with Crippen LogP contribution in [-0.4, -0.2) is 111 Å². The van der Waals surface area contributed by atoms with E-state index in [9.17, 15) is 14.5 Å². The van der Waals surface area contributed by atoms with Crippen molar-refractivity contribution in [1.82, 2.24) is 29.5 Å². The normalized spacial score (nSPS) is 31.1. The first-order chi connectivity index (χ1) is 21.0. The Labute approximate surface area is 251 Å². The smallest absolute Gasteiger partial charge is 0.319 e. The molecule has 5 heterocycles. The zero-order chi connectivity index (χ0) is 31.8. The van der Waals surface area contributed by atoms with Crippen molar-refractivity contribution in [3.8, 4) is 0 Å². The number of nitrogens with two attached hydrogens (primary N) is 2. The highest BCUT2D eigenvalue weighted by molar-refractivity contribution is 7.33. The fraction of sp³-hybridized carbons (Fsp3) is 0.625. The van der Waals surface area contributed by atoms with Crippen LogP contribution in [0.3, 0.4) is 0 Å². The number of hydrogen-bond donors (Lipinski definition) is 5. The van der Waals surface area contributed by atoms with Crippen molar-refractivity contribution in [2.75, 3.05) is 51.3 Å². The third-order valence-electron chi connectivity index (χ3n) is 7.58. The predicted octanol–water partition coefficient (Wildman–Crippen LogP) is -0.664. The molecule has 0 spiro atoms. The molecule has 0 bridgehead atoms. The first-order valence-corrected chi connectivity index (χ1v) is 14.7. The number of anilines is 3. The number of nitrogen functional groups attached to an aromatic ring is 2. The molecule has 0 amide bonds. The van der Waals surface area contributed by atoms with Gasteiger partial charge in [0.05, 0.1) is 25.1 Å². The number of ether oxygens (including phenoxy) is 5. The van der Waals surface area contributed by atoms with E-state index < -0.39 is 62.4 Å². The molecule has 2 aliphatic rings. The van der Waals surface area contributed by atoms with E-state index in [-0.39, 0.29) is 36.4 Å². The van der Waals surface area contributed by atoms with Gasteiger partial charge in [0.15, 0.2) is 23.9 Å². The van der Waals surface area contributed by atoms with Gasteiger partial charge in [-0.2, -0.15) is 4.98 Å². The summed E-state index contributed by atoms with van der Waals surface area (Å²) in [6.07, 6.45) is -3.82. The second-order valence-electron chi connectivity index (χ2n) is 10.5. The Hall–Kier alpha value is -3.26. The number of aliphatic hydroxyl groups excluding tert-OH is 1. The number of aromatic nitrogens is 6. The van der Waals surface area contributed by atoms with Crippen LogP contribution in [0.4, 0.5) is 17.6 Å². The number of rotatable bonds is 12. The molecule has 242 valence electrons. The second kappa shape index (κ2) is 13.0. The third-order valence-corrected chi connectivity index (χ3v) is 8.42. The van der Waals surface area contributed by atoms with E-state index >= 15 is 0 Å². The lowest BCUT2D eigenvalue weighted by atomic mass is 9.98. The molecule has 44 heavy (non-hydrogen) atoms. The summed E-state index contributed by atoms with van der Waals surface area (Å²) in [5, 5.41) is 14.2. The van der Waals surface area contributed by atoms with Gasteiger partial charge in [-0.3, -0.25) is 18.9 Å². The van der Waals surface area contributed by atoms with Gasteiger partial charge in [0, 0.05) is 21.3 Å². The van der Waals surface area contributed by atoms with Crippen LogP contribution in [0.1, 0.15) is 18.7 Å². The topological polar surface area (TPSA) is 255 Å². The van der Waals surface area contributed by atoms with Crippen molar-refractivity contribution in [2.45, 2.75) is 62.4 Å². The highest BCUT2D eigenvalue weighted by Gasteiger charge is 2.54. The molecule has 19 nitrogen and oxygen atoms in total. The lowest BCUT2D eigenvalue weighted by Gasteiger charge is -2.30. The molecule has 0 aromatic carbocycles. The zero-order valence-corrected chi connectivity index (χ0v) is 25.6. The van der Waals surface area contributed by atoms with Crippen LogP contribution in [0.2, 0.25) is 0 Å². The lowest BCUT2D eigenvalue weighted by molar-refractivity contribution is -0.103. The van der Waals surface area contributed by atoms with Gasteiger partial charge in [-0.25, -0.2) is 15.0 Å². The summed E-state index contributed by atoms with van der Waals surface area (Å²) in [5.41, 5.74) is 10.9. The molecule has 2 aliphatic heterocycles. The van der Waals surface area contributed by atoms with Gasteiger partial charge in [-0.1, -0.05) is 0 Å². The maximum Gasteiger partial charge on any atom is 0.319 e. The first kappa shape index (κ1) is 32.1. The number of hydrogen-bond acceptors (Lipinski definition) is 17. The molecule has 0 radical (unpaired) electrons. The minimum atomic E-state index is -3.26. The van der Waals surface area contributed by atoms with E-state index in [1.807, 2.05) is 0 Å². The molecular weight excluding hydrogens is 605 g/mol. The molecule has 2 saturated heterocycles. The SMILES string of the molecule is COC[C@H]1O[C@@H](n2cnc3c(N)ncnc32)[C@H](O)[C@@H]1O[PH](=O)OC[C@@]1(C)O[C@@H](Nc2nc(N)[nH]c(=O)c2C)[C@H](OC)[C@@H]1OC. The Morgan fingerprint density at radius 3 is 2.68 bits per heavy atom. The van der Waals surface area contributed by atoms with Crippen LogP contribution in [0.5, 0.6) is 0 Å². The molecule has 20 heteroatoms. The highest BCUT2D eigenvalue weighted by Crippen LogP contribution is 2.42. The molecule has 3 aromatic heterocycles. The van der Waals surface area contributed by atoms with Gasteiger partial charge in [-0.05, 0) is 13.8 Å². The molecule has 0 saturated carbocycles. The highest BCUT2D eigenvalue weighted by atomic mass is 31.1. The molecule has 1 unspecified atom stereocenters. The molecule has 5 rings (SSSR count). The third kappa shape index (κ3) is 6.02. The lowest BCUT2D eigenvalue weighted by Crippen LogP contribution is -2.46. The van der Waals surface area contributed by atoms with Crippen molar-refractivity contribution in [3.63, 3.8) is 0 Å². The Kier molecular flexibility index (Phi) is 9.49. The number of nitrogens with zero attached hydrogens (tertiary/aromatic N) is 5. The van der Waals surface area contributed by atoms with Gasteiger partial charge in [0.2, 0.25) is 5.95 Å². The largest absolute Gasteiger partial charge is 0.386 e. The number of aromatic amines is 1. The van der Waals surface area contributed by atoms with E-state index in [0.717, 1.165) is 0 Å². The Morgan fingerprint density at radius 1 is 1.20 bits per heavy atom. The van der Waals surface area contributed by atoms with Crippen molar-refractivity contribution in [2.24, 2.45) is 0 Å². The van der Waals surface area contributed by atoms with Crippen LogP contribution in [0.25, 0.3) is 11.2 Å². The predicted molar refractivity (Wildman–Crippen MR) is 154 cm³/mol. The van der Waals surface area contributed by atoms with Gasteiger partial charge in [0.1, 0.15) is 53.8 Å². The van der Waals surface area contributed by atoms with Gasteiger partial charge >= 0.3 is 8.25 Å². The fourth-order valence-electron chi connectivity index (χ4n) is 5.41. The molecule has 0 aliphatic carbocycles. The van der Waals surface area contributed by atoms with E-state index in [0.29, 0.717) is 11.2 Å². The number of aliphatic hydroxyl groups is 1. The van der Waals surface area contributed by atoms with E-state index in [1.165, 1.54) is 38.6 Å². The maximum absolute atomic E-state index is 13.2. The number of H-pyrrole nitrogens is 1. The van der Waals surface area contributed by atoms with E-state index in [2.05, 4.69) is 30.2 Å². The van der Waals surface area contributed by atoms with Crippen LogP contribution in [0.15, 0.2) is 17.4 Å². The molecule has 9 atom stereocenters.